The maximum Gasteiger partial charge on any atom is 0.158 e. The van der Waals surface area contributed by atoms with E-state index in [9.17, 15) is 0 Å². The van der Waals surface area contributed by atoms with E-state index in [2.05, 4.69) is 46.0 Å². The SMILES string of the molecule is CCCCCCCCCCn1nc(C)nc1-c1ccccc1. The predicted molar refractivity (Wildman–Crippen MR) is 92.8 cm³/mol. The normalized spacial score (nSPS) is 11.0. The molecule has 0 aliphatic carbocycles. The second kappa shape index (κ2) is 9.39. The Morgan fingerprint density at radius 2 is 1.50 bits per heavy atom. The summed E-state index contributed by atoms with van der Waals surface area (Å²) in [5, 5.41) is 4.55. The van der Waals surface area contributed by atoms with Gasteiger partial charge >= 0.3 is 0 Å². The third-order valence-electron chi connectivity index (χ3n) is 4.03. The van der Waals surface area contributed by atoms with Crippen molar-refractivity contribution in [3.8, 4) is 11.4 Å². The van der Waals surface area contributed by atoms with Crippen LogP contribution in [0.5, 0.6) is 0 Å². The zero-order valence-electron chi connectivity index (χ0n) is 14.1. The van der Waals surface area contributed by atoms with Gasteiger partial charge in [0.1, 0.15) is 5.82 Å². The van der Waals surface area contributed by atoms with E-state index in [1.165, 1.54) is 51.4 Å². The standard InChI is InChI=1S/C19H29N3/c1-3-4-5-6-7-8-9-13-16-22-19(20-17(2)21-22)18-14-11-10-12-15-18/h10-12,14-15H,3-9,13,16H2,1-2H3. The molecule has 0 saturated carbocycles. The minimum Gasteiger partial charge on any atom is -0.246 e. The monoisotopic (exact) mass is 299 g/mol. The van der Waals surface area contributed by atoms with Crippen LogP contribution in [-0.4, -0.2) is 14.8 Å². The first-order chi connectivity index (χ1) is 10.8. The maximum absolute atomic E-state index is 4.58. The molecule has 0 atom stereocenters. The third-order valence-corrected chi connectivity index (χ3v) is 4.03. The second-order valence-corrected chi connectivity index (χ2v) is 6.05. The van der Waals surface area contributed by atoms with Crippen LogP contribution in [0.25, 0.3) is 11.4 Å². The molecule has 3 heteroatoms. The topological polar surface area (TPSA) is 30.7 Å². The molecule has 0 unspecified atom stereocenters. The molecule has 2 rings (SSSR count). The number of unbranched alkanes of at least 4 members (excludes halogenated alkanes) is 7. The quantitative estimate of drug-likeness (QED) is 0.550. The minimum absolute atomic E-state index is 0.860. The Bertz CT molecular complexity index is 531. The zero-order chi connectivity index (χ0) is 15.6. The number of aromatic nitrogens is 3. The van der Waals surface area contributed by atoms with Gasteiger partial charge in [0.25, 0.3) is 0 Å². The van der Waals surface area contributed by atoms with Crippen molar-refractivity contribution in [2.45, 2.75) is 71.8 Å². The van der Waals surface area contributed by atoms with Crippen molar-refractivity contribution in [2.75, 3.05) is 0 Å². The number of benzene rings is 1. The van der Waals surface area contributed by atoms with E-state index in [0.29, 0.717) is 0 Å². The molecule has 0 fully saturated rings. The van der Waals surface area contributed by atoms with E-state index in [4.69, 9.17) is 0 Å². The van der Waals surface area contributed by atoms with Crippen molar-refractivity contribution in [1.29, 1.82) is 0 Å². The molecule has 0 saturated heterocycles. The van der Waals surface area contributed by atoms with Gasteiger partial charge in [-0.1, -0.05) is 82.2 Å². The summed E-state index contributed by atoms with van der Waals surface area (Å²) in [6.07, 6.45) is 10.7. The van der Waals surface area contributed by atoms with Crippen molar-refractivity contribution in [2.24, 2.45) is 0 Å². The molecule has 0 spiro atoms. The number of nitrogens with zero attached hydrogens (tertiary/aromatic N) is 3. The highest BCUT2D eigenvalue weighted by atomic mass is 15.3. The Kier molecular flexibility index (Phi) is 7.14. The fourth-order valence-corrected chi connectivity index (χ4v) is 2.81. The molecule has 2 aromatic rings. The van der Waals surface area contributed by atoms with Crippen LogP contribution in [0.15, 0.2) is 30.3 Å². The van der Waals surface area contributed by atoms with Gasteiger partial charge < -0.3 is 0 Å². The second-order valence-electron chi connectivity index (χ2n) is 6.05. The van der Waals surface area contributed by atoms with Crippen molar-refractivity contribution in [3.05, 3.63) is 36.2 Å². The van der Waals surface area contributed by atoms with Crippen LogP contribution in [0.3, 0.4) is 0 Å². The first-order valence-corrected chi connectivity index (χ1v) is 8.78. The first-order valence-electron chi connectivity index (χ1n) is 8.78. The lowest BCUT2D eigenvalue weighted by Gasteiger charge is -2.06. The van der Waals surface area contributed by atoms with Gasteiger partial charge in [-0.3, -0.25) is 0 Å². The lowest BCUT2D eigenvalue weighted by molar-refractivity contribution is 0.521. The van der Waals surface area contributed by atoms with Crippen LogP contribution in [0, 0.1) is 6.92 Å². The minimum atomic E-state index is 0.860. The Hall–Kier alpha value is -1.64. The maximum atomic E-state index is 4.58. The van der Waals surface area contributed by atoms with Crippen LogP contribution < -0.4 is 0 Å². The van der Waals surface area contributed by atoms with Gasteiger partial charge in [0.2, 0.25) is 0 Å². The van der Waals surface area contributed by atoms with E-state index in [-0.39, 0.29) is 0 Å². The fourth-order valence-electron chi connectivity index (χ4n) is 2.81. The molecule has 120 valence electrons. The Balaban J connectivity index is 1.76. The van der Waals surface area contributed by atoms with Gasteiger partial charge in [-0.15, -0.1) is 0 Å². The molecule has 0 radical (unpaired) electrons. The smallest absolute Gasteiger partial charge is 0.158 e. The summed E-state index contributed by atoms with van der Waals surface area (Å²) in [6.45, 7) is 5.21. The summed E-state index contributed by atoms with van der Waals surface area (Å²) in [5.74, 6) is 1.86. The summed E-state index contributed by atoms with van der Waals surface area (Å²) in [5.41, 5.74) is 1.16. The largest absolute Gasteiger partial charge is 0.246 e. The average molecular weight is 299 g/mol. The van der Waals surface area contributed by atoms with Gasteiger partial charge in [-0.2, -0.15) is 5.10 Å². The molecule has 0 N–H and O–H groups in total. The van der Waals surface area contributed by atoms with Crippen LogP contribution in [-0.2, 0) is 6.54 Å². The van der Waals surface area contributed by atoms with Gasteiger partial charge in [-0.05, 0) is 13.3 Å². The number of rotatable bonds is 10. The summed E-state index contributed by atoms with van der Waals surface area (Å²) < 4.78 is 2.07. The van der Waals surface area contributed by atoms with Crippen LogP contribution in [0.2, 0.25) is 0 Å². The van der Waals surface area contributed by atoms with Crippen molar-refractivity contribution >= 4 is 0 Å². The van der Waals surface area contributed by atoms with Crippen LogP contribution in [0.4, 0.5) is 0 Å². The molecule has 0 amide bonds. The Morgan fingerprint density at radius 3 is 2.18 bits per heavy atom. The summed E-state index contributed by atoms with van der Waals surface area (Å²) >= 11 is 0. The number of hydrogen-bond acceptors (Lipinski definition) is 2. The van der Waals surface area contributed by atoms with Crippen LogP contribution >= 0.6 is 0 Å². The van der Waals surface area contributed by atoms with Gasteiger partial charge in [0.15, 0.2) is 5.82 Å². The lowest BCUT2D eigenvalue weighted by Crippen LogP contribution is -2.03. The third kappa shape index (κ3) is 5.28. The number of hydrogen-bond donors (Lipinski definition) is 0. The zero-order valence-corrected chi connectivity index (χ0v) is 14.1. The predicted octanol–water partition coefficient (Wildman–Crippen LogP) is 5.39. The van der Waals surface area contributed by atoms with E-state index in [1.807, 2.05) is 13.0 Å². The average Bonchev–Trinajstić information content (AvgIpc) is 2.92. The molecule has 0 aliphatic rings. The first kappa shape index (κ1) is 16.7. The molecular weight excluding hydrogens is 270 g/mol. The van der Waals surface area contributed by atoms with Gasteiger partial charge in [-0.25, -0.2) is 9.67 Å². The summed E-state index contributed by atoms with van der Waals surface area (Å²) in [4.78, 5) is 4.58. The molecule has 1 aromatic carbocycles. The van der Waals surface area contributed by atoms with Crippen LogP contribution in [0.1, 0.15) is 64.1 Å². The van der Waals surface area contributed by atoms with Gasteiger partial charge in [0.05, 0.1) is 0 Å². The van der Waals surface area contributed by atoms with E-state index in [0.717, 1.165) is 23.8 Å². The van der Waals surface area contributed by atoms with Crippen molar-refractivity contribution < 1.29 is 0 Å². The summed E-state index contributed by atoms with van der Waals surface area (Å²) in [7, 11) is 0. The highest BCUT2D eigenvalue weighted by Crippen LogP contribution is 2.18. The Labute approximate surface area is 134 Å². The van der Waals surface area contributed by atoms with Crippen molar-refractivity contribution in [1.82, 2.24) is 14.8 Å². The Morgan fingerprint density at radius 1 is 0.864 bits per heavy atom. The molecule has 0 aliphatic heterocycles. The highest BCUT2D eigenvalue weighted by molar-refractivity contribution is 5.54. The highest BCUT2D eigenvalue weighted by Gasteiger charge is 2.08. The fraction of sp³-hybridized carbons (Fsp3) is 0.579. The molecule has 1 heterocycles. The summed E-state index contributed by atoms with van der Waals surface area (Å²) in [6, 6.07) is 10.4. The molecule has 0 bridgehead atoms. The molecule has 22 heavy (non-hydrogen) atoms. The molecular formula is C19H29N3. The van der Waals surface area contributed by atoms with Gasteiger partial charge in [0, 0.05) is 12.1 Å². The number of aryl methyl sites for hydroxylation is 2. The van der Waals surface area contributed by atoms with Crippen molar-refractivity contribution in [3.63, 3.8) is 0 Å². The van der Waals surface area contributed by atoms with E-state index < -0.39 is 0 Å². The molecule has 3 nitrogen and oxygen atoms in total. The lowest BCUT2D eigenvalue weighted by atomic mass is 10.1. The molecule has 1 aromatic heterocycles. The van der Waals surface area contributed by atoms with E-state index >= 15 is 0 Å². The van der Waals surface area contributed by atoms with E-state index in [1.54, 1.807) is 0 Å².